The van der Waals surface area contributed by atoms with Crippen LogP contribution in [0.1, 0.15) is 30.4 Å². The number of anilines is 1. The molecule has 0 unspecified atom stereocenters. The van der Waals surface area contributed by atoms with E-state index in [0.29, 0.717) is 6.61 Å². The molecule has 2 N–H and O–H groups in total. The first-order chi connectivity index (χ1) is 10.8. The lowest BCUT2D eigenvalue weighted by molar-refractivity contribution is 0.215. The van der Waals surface area contributed by atoms with Crippen LogP contribution < -0.4 is 10.5 Å². The molecule has 0 saturated carbocycles. The highest BCUT2D eigenvalue weighted by atomic mass is 16.5. The number of benzene rings is 2. The second kappa shape index (κ2) is 7.32. The Morgan fingerprint density at radius 3 is 2.50 bits per heavy atom. The first kappa shape index (κ1) is 14.9. The van der Waals surface area contributed by atoms with E-state index in [-0.39, 0.29) is 0 Å². The molecule has 0 spiro atoms. The van der Waals surface area contributed by atoms with Gasteiger partial charge in [0.1, 0.15) is 12.4 Å². The second-order valence-electron chi connectivity index (χ2n) is 5.98. The minimum Gasteiger partial charge on any atom is -0.489 e. The van der Waals surface area contributed by atoms with E-state index in [1.807, 2.05) is 30.3 Å². The van der Waals surface area contributed by atoms with Crippen molar-refractivity contribution in [3.63, 3.8) is 0 Å². The zero-order valence-electron chi connectivity index (χ0n) is 13.0. The number of nitrogen functional groups attached to an aromatic ring is 1. The van der Waals surface area contributed by atoms with Gasteiger partial charge in [-0.1, -0.05) is 36.8 Å². The minimum atomic E-state index is 0.595. The van der Waals surface area contributed by atoms with Crippen LogP contribution >= 0.6 is 0 Å². The first-order valence-electron chi connectivity index (χ1n) is 8.09. The van der Waals surface area contributed by atoms with Crippen LogP contribution in [0.4, 0.5) is 5.69 Å². The summed E-state index contributed by atoms with van der Waals surface area (Å²) in [6, 6.07) is 16.2. The third kappa shape index (κ3) is 4.01. The highest BCUT2D eigenvalue weighted by molar-refractivity contribution is 5.48. The highest BCUT2D eigenvalue weighted by Crippen LogP contribution is 2.25. The highest BCUT2D eigenvalue weighted by Gasteiger charge is 2.13. The van der Waals surface area contributed by atoms with Gasteiger partial charge in [0.2, 0.25) is 0 Å². The number of nitrogens with two attached hydrogens (primary N) is 1. The smallest absolute Gasteiger partial charge is 0.124 e. The Morgan fingerprint density at radius 2 is 1.73 bits per heavy atom. The zero-order valence-corrected chi connectivity index (χ0v) is 13.0. The van der Waals surface area contributed by atoms with Crippen LogP contribution in [-0.4, -0.2) is 18.0 Å². The van der Waals surface area contributed by atoms with Crippen molar-refractivity contribution in [1.82, 2.24) is 4.90 Å². The van der Waals surface area contributed by atoms with Gasteiger partial charge in [-0.2, -0.15) is 0 Å². The van der Waals surface area contributed by atoms with E-state index in [9.17, 15) is 0 Å². The summed E-state index contributed by atoms with van der Waals surface area (Å²) in [5.41, 5.74) is 9.15. The minimum absolute atomic E-state index is 0.595. The van der Waals surface area contributed by atoms with Gasteiger partial charge in [-0.05, 0) is 49.7 Å². The van der Waals surface area contributed by atoms with Gasteiger partial charge in [-0.15, -0.1) is 0 Å². The van der Waals surface area contributed by atoms with Gasteiger partial charge >= 0.3 is 0 Å². The Balaban J connectivity index is 1.69. The van der Waals surface area contributed by atoms with Crippen LogP contribution in [0.3, 0.4) is 0 Å². The molecular formula is C19H24N2O. The fraction of sp³-hybridized carbons (Fsp3) is 0.368. The average Bonchev–Trinajstić information content (AvgIpc) is 2.56. The quantitative estimate of drug-likeness (QED) is 0.852. The van der Waals surface area contributed by atoms with Gasteiger partial charge < -0.3 is 10.5 Å². The predicted octanol–water partition coefficient (Wildman–Crippen LogP) is 3.83. The average molecular weight is 296 g/mol. The van der Waals surface area contributed by atoms with E-state index in [2.05, 4.69) is 23.1 Å². The van der Waals surface area contributed by atoms with E-state index >= 15 is 0 Å². The number of hydrogen-bond acceptors (Lipinski definition) is 3. The maximum Gasteiger partial charge on any atom is 0.124 e. The topological polar surface area (TPSA) is 38.5 Å². The molecule has 0 radical (unpaired) electrons. The molecule has 0 amide bonds. The fourth-order valence-electron chi connectivity index (χ4n) is 2.96. The summed E-state index contributed by atoms with van der Waals surface area (Å²) < 4.78 is 6.04. The number of nitrogens with zero attached hydrogens (tertiary/aromatic N) is 1. The van der Waals surface area contributed by atoms with Crippen molar-refractivity contribution < 1.29 is 4.74 Å². The largest absolute Gasteiger partial charge is 0.489 e. The van der Waals surface area contributed by atoms with Crippen molar-refractivity contribution in [2.24, 2.45) is 0 Å². The molecule has 0 bridgehead atoms. The van der Waals surface area contributed by atoms with E-state index in [1.165, 1.54) is 43.5 Å². The van der Waals surface area contributed by atoms with Gasteiger partial charge in [0.15, 0.2) is 0 Å². The molecule has 3 rings (SSSR count). The summed E-state index contributed by atoms with van der Waals surface area (Å²) in [5, 5.41) is 0. The van der Waals surface area contributed by atoms with Crippen molar-refractivity contribution in [3.05, 3.63) is 59.7 Å². The summed E-state index contributed by atoms with van der Waals surface area (Å²) in [4.78, 5) is 2.49. The standard InChI is InChI=1S/C19H24N2O/c20-18-9-10-19(22-15-16-7-3-1-4-8-16)17(13-18)14-21-11-5-2-6-12-21/h1,3-4,7-10,13H,2,5-6,11-12,14-15,20H2. The van der Waals surface area contributed by atoms with Gasteiger partial charge in [-0.3, -0.25) is 4.90 Å². The van der Waals surface area contributed by atoms with Crippen molar-refractivity contribution in [2.75, 3.05) is 18.8 Å². The van der Waals surface area contributed by atoms with Crippen LogP contribution in [0.15, 0.2) is 48.5 Å². The number of rotatable bonds is 5. The molecule has 1 aliphatic rings. The SMILES string of the molecule is Nc1ccc(OCc2ccccc2)c(CN2CCCCC2)c1. The molecule has 0 atom stereocenters. The molecule has 116 valence electrons. The van der Waals surface area contributed by atoms with Gasteiger partial charge in [-0.25, -0.2) is 0 Å². The van der Waals surface area contributed by atoms with Gasteiger partial charge in [0, 0.05) is 17.8 Å². The van der Waals surface area contributed by atoms with Gasteiger partial charge in [0.05, 0.1) is 0 Å². The molecular weight excluding hydrogens is 272 g/mol. The van der Waals surface area contributed by atoms with E-state index in [0.717, 1.165) is 18.0 Å². The Morgan fingerprint density at radius 1 is 0.955 bits per heavy atom. The third-order valence-corrected chi connectivity index (χ3v) is 4.16. The monoisotopic (exact) mass is 296 g/mol. The van der Waals surface area contributed by atoms with Crippen molar-refractivity contribution in [1.29, 1.82) is 0 Å². The Hall–Kier alpha value is -2.00. The maximum atomic E-state index is 6.04. The van der Waals surface area contributed by atoms with E-state index in [1.54, 1.807) is 0 Å². The molecule has 1 aliphatic heterocycles. The second-order valence-corrected chi connectivity index (χ2v) is 5.98. The number of likely N-dealkylation sites (tertiary alicyclic amines) is 1. The molecule has 22 heavy (non-hydrogen) atoms. The first-order valence-corrected chi connectivity index (χ1v) is 8.09. The molecule has 2 aromatic carbocycles. The van der Waals surface area contributed by atoms with Crippen LogP contribution in [0, 0.1) is 0 Å². The molecule has 0 aliphatic carbocycles. The van der Waals surface area contributed by atoms with Crippen molar-refractivity contribution in [3.8, 4) is 5.75 Å². The normalized spacial score (nSPS) is 15.6. The van der Waals surface area contributed by atoms with Gasteiger partial charge in [0.25, 0.3) is 0 Å². The lowest BCUT2D eigenvalue weighted by atomic mass is 10.1. The third-order valence-electron chi connectivity index (χ3n) is 4.16. The Labute approximate surface area is 132 Å². The predicted molar refractivity (Wildman–Crippen MR) is 90.8 cm³/mol. The summed E-state index contributed by atoms with van der Waals surface area (Å²) in [5.74, 6) is 0.948. The van der Waals surface area contributed by atoms with Crippen LogP contribution in [0.5, 0.6) is 5.75 Å². The molecule has 3 nitrogen and oxygen atoms in total. The zero-order chi connectivity index (χ0) is 15.2. The Bertz CT molecular complexity index is 592. The van der Waals surface area contributed by atoms with Crippen LogP contribution in [0.25, 0.3) is 0 Å². The number of piperidine rings is 1. The molecule has 3 heteroatoms. The molecule has 1 saturated heterocycles. The summed E-state index contributed by atoms with van der Waals surface area (Å²) in [6.07, 6.45) is 3.94. The summed E-state index contributed by atoms with van der Waals surface area (Å²) in [6.45, 7) is 3.87. The van der Waals surface area contributed by atoms with Crippen molar-refractivity contribution in [2.45, 2.75) is 32.4 Å². The van der Waals surface area contributed by atoms with E-state index in [4.69, 9.17) is 10.5 Å². The maximum absolute atomic E-state index is 6.04. The molecule has 2 aromatic rings. The van der Waals surface area contributed by atoms with E-state index < -0.39 is 0 Å². The fourth-order valence-corrected chi connectivity index (χ4v) is 2.96. The number of ether oxygens (including phenoxy) is 1. The summed E-state index contributed by atoms with van der Waals surface area (Å²) >= 11 is 0. The Kier molecular flexibility index (Phi) is 4.96. The van der Waals surface area contributed by atoms with Crippen molar-refractivity contribution >= 4 is 5.69 Å². The molecule has 0 aromatic heterocycles. The lowest BCUT2D eigenvalue weighted by Crippen LogP contribution is -2.29. The van der Waals surface area contributed by atoms with Crippen LogP contribution in [0.2, 0.25) is 0 Å². The van der Waals surface area contributed by atoms with Crippen LogP contribution in [-0.2, 0) is 13.2 Å². The lowest BCUT2D eigenvalue weighted by Gasteiger charge is -2.27. The molecule has 1 heterocycles. The molecule has 1 fully saturated rings. The number of hydrogen-bond donors (Lipinski definition) is 1. The summed E-state index contributed by atoms with van der Waals surface area (Å²) in [7, 11) is 0.